The van der Waals surface area contributed by atoms with Gasteiger partial charge < -0.3 is 15.2 Å². The van der Waals surface area contributed by atoms with E-state index in [0.717, 1.165) is 12.0 Å². The van der Waals surface area contributed by atoms with Gasteiger partial charge in [0.15, 0.2) is 0 Å². The van der Waals surface area contributed by atoms with Gasteiger partial charge in [-0.1, -0.05) is 37.3 Å². The molecule has 1 aromatic carbocycles. The van der Waals surface area contributed by atoms with Gasteiger partial charge in [0.2, 0.25) is 0 Å². The fourth-order valence-electron chi connectivity index (χ4n) is 1.17. The third-order valence-electron chi connectivity index (χ3n) is 1.98. The molecule has 5 heteroatoms. The molecule has 2 N–H and O–H groups in total. The summed E-state index contributed by atoms with van der Waals surface area (Å²) in [4.78, 5) is 20.6. The summed E-state index contributed by atoms with van der Waals surface area (Å²) in [7, 11) is 0. The van der Waals surface area contributed by atoms with Gasteiger partial charge in [-0.2, -0.15) is 0 Å². The molecule has 1 rings (SSSR count). The summed E-state index contributed by atoms with van der Waals surface area (Å²) in [5, 5.41) is 0. The Bertz CT molecular complexity index is 357. The first kappa shape index (κ1) is 17.0. The zero-order valence-corrected chi connectivity index (χ0v) is 11.4. The second-order valence-corrected chi connectivity index (χ2v) is 3.65. The summed E-state index contributed by atoms with van der Waals surface area (Å²) in [6, 6.07) is 9.37. The molecule has 0 saturated carbocycles. The minimum atomic E-state index is -0.742. The van der Waals surface area contributed by atoms with Gasteiger partial charge in [0.05, 0.1) is 6.61 Å². The maximum Gasteiger partial charge on any atom is 0.404 e. The molecule has 0 spiro atoms. The van der Waals surface area contributed by atoms with E-state index in [1.807, 2.05) is 44.2 Å². The van der Waals surface area contributed by atoms with Crippen LogP contribution in [-0.4, -0.2) is 18.7 Å². The number of amides is 1. The molecule has 1 aromatic rings. The van der Waals surface area contributed by atoms with E-state index >= 15 is 0 Å². The molecule has 19 heavy (non-hydrogen) atoms. The van der Waals surface area contributed by atoms with E-state index in [-0.39, 0.29) is 12.6 Å². The van der Waals surface area contributed by atoms with Crippen LogP contribution in [0.1, 0.15) is 32.3 Å². The first-order chi connectivity index (χ1) is 9.10. The van der Waals surface area contributed by atoms with Crippen molar-refractivity contribution in [1.82, 2.24) is 0 Å². The average Bonchev–Trinajstić information content (AvgIpc) is 2.39. The summed E-state index contributed by atoms with van der Waals surface area (Å²) >= 11 is 0. The van der Waals surface area contributed by atoms with E-state index in [4.69, 9.17) is 5.73 Å². The van der Waals surface area contributed by atoms with Gasteiger partial charge in [0.25, 0.3) is 0 Å². The Kier molecular flexibility index (Phi) is 9.88. The number of nitrogens with two attached hydrogens (primary N) is 1. The summed E-state index contributed by atoms with van der Waals surface area (Å²) < 4.78 is 9.21. The number of carbonyl (C=O) groups is 2. The zero-order valence-electron chi connectivity index (χ0n) is 11.4. The van der Waals surface area contributed by atoms with Crippen LogP contribution in [0.25, 0.3) is 0 Å². The monoisotopic (exact) mass is 267 g/mol. The quantitative estimate of drug-likeness (QED) is 0.832. The third kappa shape index (κ3) is 10.8. The molecule has 0 aliphatic rings. The molecule has 106 valence electrons. The van der Waals surface area contributed by atoms with E-state index in [1.54, 1.807) is 0 Å². The second-order valence-electron chi connectivity index (χ2n) is 3.65. The highest BCUT2D eigenvalue weighted by Gasteiger charge is 1.95. The van der Waals surface area contributed by atoms with E-state index in [0.29, 0.717) is 13.0 Å². The Morgan fingerprint density at radius 2 is 1.74 bits per heavy atom. The van der Waals surface area contributed by atoms with E-state index in [9.17, 15) is 9.59 Å². The predicted octanol–water partition coefficient (Wildman–Crippen LogP) is 2.63. The molecule has 5 nitrogen and oxygen atoms in total. The van der Waals surface area contributed by atoms with Crippen LogP contribution in [0.2, 0.25) is 0 Å². The van der Waals surface area contributed by atoms with Crippen molar-refractivity contribution >= 4 is 12.1 Å². The van der Waals surface area contributed by atoms with Crippen LogP contribution in [0, 0.1) is 0 Å². The predicted molar refractivity (Wildman–Crippen MR) is 72.4 cm³/mol. The molecule has 0 aromatic heterocycles. The van der Waals surface area contributed by atoms with Gasteiger partial charge in [-0.3, -0.25) is 4.79 Å². The lowest BCUT2D eigenvalue weighted by Crippen LogP contribution is -2.12. The molecular formula is C14H21NO4. The molecule has 0 radical (unpaired) electrons. The summed E-state index contributed by atoms with van der Waals surface area (Å²) in [6.07, 6.45) is 0.681. The lowest BCUT2D eigenvalue weighted by Gasteiger charge is -1.99. The van der Waals surface area contributed by atoms with E-state index in [1.165, 1.54) is 0 Å². The van der Waals surface area contributed by atoms with Gasteiger partial charge in [-0.15, -0.1) is 0 Å². The topological polar surface area (TPSA) is 78.6 Å². The average molecular weight is 267 g/mol. The second kappa shape index (κ2) is 11.1. The number of primary amides is 1. The fourth-order valence-corrected chi connectivity index (χ4v) is 1.17. The van der Waals surface area contributed by atoms with Crippen LogP contribution < -0.4 is 5.73 Å². The van der Waals surface area contributed by atoms with Crippen LogP contribution in [0.3, 0.4) is 0 Å². The SMILES string of the molecule is CCCC(=O)OCC.NC(=O)OCc1ccccc1. The molecule has 0 heterocycles. The highest BCUT2D eigenvalue weighted by atomic mass is 16.5. The van der Waals surface area contributed by atoms with Gasteiger partial charge >= 0.3 is 12.1 Å². The molecule has 0 aliphatic heterocycles. The number of rotatable bonds is 5. The number of hydrogen-bond donors (Lipinski definition) is 1. The van der Waals surface area contributed by atoms with Gasteiger partial charge in [0, 0.05) is 6.42 Å². The Labute approximate surface area is 113 Å². The Morgan fingerprint density at radius 1 is 1.11 bits per heavy atom. The van der Waals surface area contributed by atoms with Crippen LogP contribution in [0.4, 0.5) is 4.79 Å². The normalized spacial score (nSPS) is 8.95. The highest BCUT2D eigenvalue weighted by Crippen LogP contribution is 1.99. The van der Waals surface area contributed by atoms with Crippen molar-refractivity contribution in [2.45, 2.75) is 33.3 Å². The van der Waals surface area contributed by atoms with Crippen molar-refractivity contribution in [1.29, 1.82) is 0 Å². The Hall–Kier alpha value is -2.04. The standard InChI is InChI=1S/C8H9NO2.C6H12O2/c9-8(10)11-6-7-4-2-1-3-5-7;1-3-5-6(7)8-4-2/h1-5H,6H2,(H2,9,10);3-5H2,1-2H3. The van der Waals surface area contributed by atoms with Crippen molar-refractivity contribution in [2.75, 3.05) is 6.61 Å². The third-order valence-corrected chi connectivity index (χ3v) is 1.98. The minimum absolute atomic E-state index is 0.0880. The Morgan fingerprint density at radius 3 is 2.21 bits per heavy atom. The number of ether oxygens (including phenoxy) is 2. The van der Waals surface area contributed by atoms with Crippen molar-refractivity contribution < 1.29 is 19.1 Å². The smallest absolute Gasteiger partial charge is 0.404 e. The Balaban J connectivity index is 0.000000362. The van der Waals surface area contributed by atoms with Crippen molar-refractivity contribution in [3.8, 4) is 0 Å². The molecule has 0 fully saturated rings. The molecule has 0 aliphatic carbocycles. The minimum Gasteiger partial charge on any atom is -0.466 e. The first-order valence-corrected chi connectivity index (χ1v) is 6.21. The number of carbonyl (C=O) groups excluding carboxylic acids is 2. The number of esters is 1. The highest BCUT2D eigenvalue weighted by molar-refractivity contribution is 5.69. The summed E-state index contributed by atoms with van der Waals surface area (Å²) in [5.41, 5.74) is 5.72. The fraction of sp³-hybridized carbons (Fsp3) is 0.429. The van der Waals surface area contributed by atoms with E-state index < -0.39 is 6.09 Å². The largest absolute Gasteiger partial charge is 0.466 e. The van der Waals surface area contributed by atoms with Crippen LogP contribution in [0.15, 0.2) is 30.3 Å². The lowest BCUT2D eigenvalue weighted by molar-refractivity contribution is -0.143. The molecule has 0 unspecified atom stereocenters. The van der Waals surface area contributed by atoms with Crippen molar-refractivity contribution in [3.63, 3.8) is 0 Å². The molecule has 0 saturated heterocycles. The number of hydrogen-bond acceptors (Lipinski definition) is 4. The molecular weight excluding hydrogens is 246 g/mol. The summed E-state index contributed by atoms with van der Waals surface area (Å²) in [6.45, 7) is 4.51. The van der Waals surface area contributed by atoms with Crippen LogP contribution in [-0.2, 0) is 20.9 Å². The van der Waals surface area contributed by atoms with Gasteiger partial charge in [0.1, 0.15) is 6.61 Å². The van der Waals surface area contributed by atoms with Crippen molar-refractivity contribution in [3.05, 3.63) is 35.9 Å². The van der Waals surface area contributed by atoms with E-state index in [2.05, 4.69) is 9.47 Å². The lowest BCUT2D eigenvalue weighted by atomic mass is 10.2. The molecule has 0 bridgehead atoms. The molecule has 1 amide bonds. The number of benzene rings is 1. The summed E-state index contributed by atoms with van der Waals surface area (Å²) in [5.74, 6) is -0.0880. The van der Waals surface area contributed by atoms with Gasteiger partial charge in [-0.25, -0.2) is 4.79 Å². The first-order valence-electron chi connectivity index (χ1n) is 6.21. The van der Waals surface area contributed by atoms with Crippen LogP contribution in [0.5, 0.6) is 0 Å². The zero-order chi connectivity index (χ0) is 14.5. The van der Waals surface area contributed by atoms with Crippen molar-refractivity contribution in [2.24, 2.45) is 5.73 Å². The maximum absolute atomic E-state index is 10.4. The maximum atomic E-state index is 10.4. The van der Waals surface area contributed by atoms with Crippen LogP contribution >= 0.6 is 0 Å². The molecule has 0 atom stereocenters. The van der Waals surface area contributed by atoms with Gasteiger partial charge in [-0.05, 0) is 18.9 Å².